The Morgan fingerprint density at radius 3 is 2.68 bits per heavy atom. The third-order valence-corrected chi connectivity index (χ3v) is 7.05. The fraction of sp³-hybridized carbons (Fsp3) is 0.538. The predicted molar refractivity (Wildman–Crippen MR) is 117 cm³/mol. The average Bonchev–Trinajstić information content (AvgIpc) is 3.30. The van der Waals surface area contributed by atoms with Gasteiger partial charge in [0, 0.05) is 12.0 Å². The van der Waals surface area contributed by atoms with E-state index in [2.05, 4.69) is 62.4 Å². The van der Waals surface area contributed by atoms with Crippen molar-refractivity contribution in [3.05, 3.63) is 65.2 Å². The molecule has 4 rings (SSSR count). The van der Waals surface area contributed by atoms with Gasteiger partial charge in [-0.25, -0.2) is 0 Å². The molecule has 2 aromatic carbocycles. The van der Waals surface area contributed by atoms with E-state index in [-0.39, 0.29) is 6.10 Å². The van der Waals surface area contributed by atoms with Crippen LogP contribution in [-0.4, -0.2) is 6.04 Å². The van der Waals surface area contributed by atoms with Crippen LogP contribution in [0.3, 0.4) is 0 Å². The Labute approximate surface area is 170 Å². The van der Waals surface area contributed by atoms with Gasteiger partial charge in [0.2, 0.25) is 0 Å². The van der Waals surface area contributed by atoms with Crippen molar-refractivity contribution in [3.63, 3.8) is 0 Å². The second-order valence-corrected chi connectivity index (χ2v) is 8.90. The van der Waals surface area contributed by atoms with Gasteiger partial charge in [-0.2, -0.15) is 0 Å². The van der Waals surface area contributed by atoms with Gasteiger partial charge < -0.3 is 10.5 Å². The molecule has 0 aliphatic heterocycles. The third-order valence-electron chi connectivity index (χ3n) is 7.05. The van der Waals surface area contributed by atoms with Crippen molar-refractivity contribution in [1.29, 1.82) is 0 Å². The minimum absolute atomic E-state index is 0.160. The van der Waals surface area contributed by atoms with Crippen LogP contribution in [0.25, 0.3) is 0 Å². The maximum absolute atomic E-state index is 6.73. The second-order valence-electron chi connectivity index (χ2n) is 8.90. The summed E-state index contributed by atoms with van der Waals surface area (Å²) in [5.41, 5.74) is 10.5. The lowest BCUT2D eigenvalue weighted by Crippen LogP contribution is -2.23. The largest absolute Gasteiger partial charge is 0.485 e. The van der Waals surface area contributed by atoms with Crippen LogP contribution in [0.5, 0.6) is 5.75 Å². The molecule has 0 aromatic heterocycles. The average molecular weight is 378 g/mol. The number of rotatable bonds is 7. The summed E-state index contributed by atoms with van der Waals surface area (Å²) in [5, 5.41) is 0. The van der Waals surface area contributed by atoms with Gasteiger partial charge in [0.15, 0.2) is 0 Å². The SMILES string of the molecule is CCCC(CC)c1cccc(O[C@@H]2c3ccccc3C[C@H]2C2CCC(N)C2)c1. The summed E-state index contributed by atoms with van der Waals surface area (Å²) in [5.74, 6) is 2.89. The van der Waals surface area contributed by atoms with Gasteiger partial charge in [0.05, 0.1) is 0 Å². The molecule has 0 spiro atoms. The van der Waals surface area contributed by atoms with Crippen molar-refractivity contribution in [1.82, 2.24) is 0 Å². The van der Waals surface area contributed by atoms with Crippen molar-refractivity contribution < 1.29 is 4.74 Å². The molecule has 3 unspecified atom stereocenters. The number of hydrogen-bond acceptors (Lipinski definition) is 2. The van der Waals surface area contributed by atoms with Crippen molar-refractivity contribution in [2.45, 2.75) is 76.9 Å². The van der Waals surface area contributed by atoms with Crippen molar-refractivity contribution in [3.8, 4) is 5.75 Å². The van der Waals surface area contributed by atoms with Crippen LogP contribution in [0.15, 0.2) is 48.5 Å². The normalized spacial score (nSPS) is 27.5. The molecule has 0 heterocycles. The minimum atomic E-state index is 0.160. The fourth-order valence-electron chi connectivity index (χ4n) is 5.54. The Morgan fingerprint density at radius 2 is 1.93 bits per heavy atom. The van der Waals surface area contributed by atoms with E-state index >= 15 is 0 Å². The minimum Gasteiger partial charge on any atom is -0.485 e. The molecule has 0 radical (unpaired) electrons. The van der Waals surface area contributed by atoms with E-state index in [4.69, 9.17) is 10.5 Å². The summed E-state index contributed by atoms with van der Waals surface area (Å²) in [4.78, 5) is 0. The van der Waals surface area contributed by atoms with E-state index in [1.165, 1.54) is 42.4 Å². The lowest BCUT2D eigenvalue weighted by molar-refractivity contribution is 0.110. The topological polar surface area (TPSA) is 35.2 Å². The zero-order valence-electron chi connectivity index (χ0n) is 17.4. The third kappa shape index (κ3) is 3.98. The molecule has 5 atom stereocenters. The fourth-order valence-corrected chi connectivity index (χ4v) is 5.54. The number of fused-ring (bicyclic) bond motifs is 1. The number of hydrogen-bond donors (Lipinski definition) is 1. The Morgan fingerprint density at radius 1 is 1.07 bits per heavy atom. The van der Waals surface area contributed by atoms with Crippen LogP contribution in [0.1, 0.15) is 81.1 Å². The van der Waals surface area contributed by atoms with Gasteiger partial charge >= 0.3 is 0 Å². The molecular formula is C26H35NO. The number of ether oxygens (including phenoxy) is 1. The highest BCUT2D eigenvalue weighted by Crippen LogP contribution is 2.47. The summed E-state index contributed by atoms with van der Waals surface area (Å²) < 4.78 is 6.73. The second kappa shape index (κ2) is 8.69. The van der Waals surface area contributed by atoms with Crippen LogP contribution in [0.4, 0.5) is 0 Å². The Kier molecular flexibility index (Phi) is 6.06. The molecule has 0 bridgehead atoms. The van der Waals surface area contributed by atoms with E-state index in [9.17, 15) is 0 Å². The van der Waals surface area contributed by atoms with Crippen LogP contribution in [-0.2, 0) is 6.42 Å². The molecule has 0 amide bonds. The summed E-state index contributed by atoms with van der Waals surface area (Å²) in [7, 11) is 0. The van der Waals surface area contributed by atoms with Crippen molar-refractivity contribution in [2.24, 2.45) is 17.6 Å². The van der Waals surface area contributed by atoms with Crippen LogP contribution < -0.4 is 10.5 Å². The Bertz CT molecular complexity index is 786. The highest BCUT2D eigenvalue weighted by atomic mass is 16.5. The lowest BCUT2D eigenvalue weighted by atomic mass is 9.86. The first kappa shape index (κ1) is 19.5. The molecule has 2 aliphatic carbocycles. The van der Waals surface area contributed by atoms with Crippen molar-refractivity contribution >= 4 is 0 Å². The van der Waals surface area contributed by atoms with E-state index in [1.807, 2.05) is 0 Å². The van der Waals surface area contributed by atoms with Crippen LogP contribution >= 0.6 is 0 Å². The first-order chi connectivity index (χ1) is 13.7. The summed E-state index contributed by atoms with van der Waals surface area (Å²) in [6.45, 7) is 4.57. The number of benzene rings is 2. The molecule has 150 valence electrons. The van der Waals surface area contributed by atoms with Crippen molar-refractivity contribution in [2.75, 3.05) is 0 Å². The molecule has 2 aliphatic rings. The molecule has 1 fully saturated rings. The van der Waals surface area contributed by atoms with Gasteiger partial charge in [-0.05, 0) is 79.2 Å². The Hall–Kier alpha value is -1.80. The monoisotopic (exact) mass is 377 g/mol. The quantitative estimate of drug-likeness (QED) is 0.606. The maximum Gasteiger partial charge on any atom is 0.127 e. The summed E-state index contributed by atoms with van der Waals surface area (Å²) in [6.07, 6.45) is 8.50. The maximum atomic E-state index is 6.73. The van der Waals surface area contributed by atoms with Crippen LogP contribution in [0.2, 0.25) is 0 Å². The van der Waals surface area contributed by atoms with Gasteiger partial charge in [-0.15, -0.1) is 0 Å². The summed E-state index contributed by atoms with van der Waals surface area (Å²) in [6, 6.07) is 18.1. The first-order valence-electron chi connectivity index (χ1n) is 11.3. The van der Waals surface area contributed by atoms with Gasteiger partial charge in [0.1, 0.15) is 11.9 Å². The first-order valence-corrected chi connectivity index (χ1v) is 11.3. The van der Waals surface area contributed by atoms with Crippen LogP contribution in [0, 0.1) is 11.8 Å². The highest BCUT2D eigenvalue weighted by Gasteiger charge is 2.41. The molecule has 2 heteroatoms. The van der Waals surface area contributed by atoms with Gasteiger partial charge in [-0.3, -0.25) is 0 Å². The standard InChI is InChI=1S/C26H35NO/c1-3-8-18(4-2)19-10-7-11-23(16-19)28-26-24-12-6-5-9-20(24)17-25(26)21-13-14-22(27)15-21/h5-7,9-12,16,18,21-22,25-26H,3-4,8,13-15,17,27H2,1-2H3/t18?,21?,22?,25-,26+/m0/s1. The lowest BCUT2D eigenvalue weighted by Gasteiger charge is -2.27. The van der Waals surface area contributed by atoms with E-state index in [0.717, 1.165) is 25.0 Å². The molecule has 2 nitrogen and oxygen atoms in total. The zero-order chi connectivity index (χ0) is 19.5. The molecule has 0 saturated heterocycles. The summed E-state index contributed by atoms with van der Waals surface area (Å²) >= 11 is 0. The number of nitrogens with two attached hydrogens (primary N) is 1. The Balaban J connectivity index is 1.59. The molecule has 28 heavy (non-hydrogen) atoms. The smallest absolute Gasteiger partial charge is 0.127 e. The van der Waals surface area contributed by atoms with E-state index in [0.29, 0.717) is 23.8 Å². The molecule has 2 N–H and O–H groups in total. The van der Waals surface area contributed by atoms with E-state index < -0.39 is 0 Å². The zero-order valence-corrected chi connectivity index (χ0v) is 17.4. The highest BCUT2D eigenvalue weighted by molar-refractivity contribution is 5.38. The van der Waals surface area contributed by atoms with E-state index in [1.54, 1.807) is 0 Å². The predicted octanol–water partition coefficient (Wildman–Crippen LogP) is 6.40. The van der Waals surface area contributed by atoms with Gasteiger partial charge in [0.25, 0.3) is 0 Å². The van der Waals surface area contributed by atoms with Gasteiger partial charge in [-0.1, -0.05) is 56.7 Å². The molecule has 2 aromatic rings. The molecular weight excluding hydrogens is 342 g/mol. The molecule has 1 saturated carbocycles.